The highest BCUT2D eigenvalue weighted by Crippen LogP contribution is 2.16. The zero-order chi connectivity index (χ0) is 15.9. The van der Waals surface area contributed by atoms with Crippen LogP contribution in [0.2, 0.25) is 0 Å². The summed E-state index contributed by atoms with van der Waals surface area (Å²) in [5.41, 5.74) is 0.453. The first kappa shape index (κ1) is 16.7. The number of piperidine rings is 1. The normalized spacial score (nSPS) is 18.0. The Hall–Kier alpha value is -1.66. The van der Waals surface area contributed by atoms with Gasteiger partial charge in [-0.2, -0.15) is 0 Å². The summed E-state index contributed by atoms with van der Waals surface area (Å²) in [5.74, 6) is 0. The lowest BCUT2D eigenvalue weighted by Crippen LogP contribution is -2.39. The van der Waals surface area contributed by atoms with Crippen molar-refractivity contribution in [3.8, 4) is 0 Å². The van der Waals surface area contributed by atoms with E-state index in [4.69, 9.17) is 16.4 Å². The van der Waals surface area contributed by atoms with Gasteiger partial charge >= 0.3 is 0 Å². The van der Waals surface area contributed by atoms with E-state index in [1.807, 2.05) is 0 Å². The van der Waals surface area contributed by atoms with Gasteiger partial charge in [-0.25, -0.2) is 0 Å². The van der Waals surface area contributed by atoms with Crippen molar-refractivity contribution in [1.29, 1.82) is 0 Å². The Bertz CT molecular complexity index is 545. The minimum atomic E-state index is -0.465. The molecule has 1 saturated heterocycles. The summed E-state index contributed by atoms with van der Waals surface area (Å²) in [6.07, 6.45) is 3.74. The summed E-state index contributed by atoms with van der Waals surface area (Å²) in [6.45, 7) is 4.73. The Labute approximate surface area is 134 Å². The fraction of sp³-hybridized carbons (Fsp3) is 0.533. The molecule has 22 heavy (non-hydrogen) atoms. The number of hydrogen-bond acceptors (Lipinski definition) is 5. The zero-order valence-corrected chi connectivity index (χ0v) is 13.3. The van der Waals surface area contributed by atoms with Gasteiger partial charge in [-0.3, -0.25) is 15.0 Å². The number of oxime groups is 1. The Morgan fingerprint density at radius 1 is 1.45 bits per heavy atom. The molecule has 0 saturated carbocycles. The van der Waals surface area contributed by atoms with Gasteiger partial charge in [0.2, 0.25) is 0 Å². The molecule has 6 nitrogen and oxygen atoms in total. The van der Waals surface area contributed by atoms with Gasteiger partial charge in [0.1, 0.15) is 6.61 Å². The maximum Gasteiger partial charge on any atom is 0.270 e. The van der Waals surface area contributed by atoms with E-state index in [0.717, 1.165) is 13.1 Å². The monoisotopic (exact) mass is 325 g/mol. The van der Waals surface area contributed by atoms with Crippen LogP contribution in [0.4, 0.5) is 5.69 Å². The topological polar surface area (TPSA) is 68.0 Å². The van der Waals surface area contributed by atoms with Crippen LogP contribution in [0.1, 0.15) is 31.7 Å². The second kappa shape index (κ2) is 8.10. The van der Waals surface area contributed by atoms with Crippen molar-refractivity contribution in [3.63, 3.8) is 0 Å². The van der Waals surface area contributed by atoms with E-state index in [1.54, 1.807) is 12.1 Å². The Morgan fingerprint density at radius 3 is 2.86 bits per heavy atom. The van der Waals surface area contributed by atoms with Crippen molar-refractivity contribution in [3.05, 3.63) is 39.9 Å². The molecule has 0 bridgehead atoms. The van der Waals surface area contributed by atoms with Crippen LogP contribution in [0, 0.1) is 10.1 Å². The van der Waals surface area contributed by atoms with Crippen LogP contribution < -0.4 is 0 Å². The number of rotatable bonds is 6. The molecular weight excluding hydrogens is 306 g/mol. The smallest absolute Gasteiger partial charge is 0.270 e. The van der Waals surface area contributed by atoms with Crippen molar-refractivity contribution < 1.29 is 9.76 Å². The molecule has 0 amide bonds. The first-order valence-electron chi connectivity index (χ1n) is 7.42. The third-order valence-electron chi connectivity index (χ3n) is 3.77. The molecule has 1 aliphatic rings. The fourth-order valence-electron chi connectivity index (χ4n) is 2.47. The minimum Gasteiger partial charge on any atom is -0.393 e. The second-order valence-corrected chi connectivity index (χ2v) is 5.79. The van der Waals surface area contributed by atoms with E-state index in [-0.39, 0.29) is 16.9 Å². The van der Waals surface area contributed by atoms with Gasteiger partial charge < -0.3 is 4.84 Å². The molecule has 1 heterocycles. The Morgan fingerprint density at radius 2 is 2.18 bits per heavy atom. The molecule has 1 atom stereocenters. The second-order valence-electron chi connectivity index (χ2n) is 5.43. The summed E-state index contributed by atoms with van der Waals surface area (Å²) in [4.78, 5) is 18.0. The van der Waals surface area contributed by atoms with Crippen LogP contribution in [0.3, 0.4) is 0 Å². The molecule has 1 aromatic carbocycles. The highest BCUT2D eigenvalue weighted by molar-refractivity contribution is 6.69. The van der Waals surface area contributed by atoms with Crippen LogP contribution in [0.15, 0.2) is 29.4 Å². The van der Waals surface area contributed by atoms with E-state index in [0.29, 0.717) is 12.2 Å². The van der Waals surface area contributed by atoms with Gasteiger partial charge in [-0.1, -0.05) is 35.3 Å². The van der Waals surface area contributed by atoms with Crippen LogP contribution in [-0.2, 0) is 4.84 Å². The van der Waals surface area contributed by atoms with E-state index < -0.39 is 4.92 Å². The standard InChI is InChI=1S/C15H20ClN3O3/c1-12(18-8-3-2-4-9-18)11-22-17-15(16)13-6-5-7-14(10-13)19(20)21/h5-7,10,12H,2-4,8-9,11H2,1H3. The molecule has 0 aliphatic carbocycles. The SMILES string of the molecule is CC(CON=C(Cl)c1cccc([N+](=O)[O-])c1)N1CCCCC1. The summed E-state index contributed by atoms with van der Waals surface area (Å²) < 4.78 is 0. The number of nitro groups is 1. The lowest BCUT2D eigenvalue weighted by atomic mass is 10.1. The molecule has 0 radical (unpaired) electrons. The van der Waals surface area contributed by atoms with Gasteiger partial charge in [-0.15, -0.1) is 0 Å². The lowest BCUT2D eigenvalue weighted by molar-refractivity contribution is -0.384. The number of likely N-dealkylation sites (tertiary alicyclic amines) is 1. The minimum absolute atomic E-state index is 0.0208. The van der Waals surface area contributed by atoms with Crippen molar-refractivity contribution in [1.82, 2.24) is 4.90 Å². The van der Waals surface area contributed by atoms with Gasteiger partial charge in [0.15, 0.2) is 5.17 Å². The van der Waals surface area contributed by atoms with Crippen LogP contribution in [0.5, 0.6) is 0 Å². The Balaban J connectivity index is 1.89. The molecule has 7 heteroatoms. The molecule has 1 unspecified atom stereocenters. The quantitative estimate of drug-likeness (QED) is 0.457. The fourth-order valence-corrected chi connectivity index (χ4v) is 2.63. The molecule has 2 rings (SSSR count). The third-order valence-corrected chi connectivity index (χ3v) is 4.06. The molecule has 0 aromatic heterocycles. The number of non-ortho nitro benzene ring substituents is 1. The maximum absolute atomic E-state index is 10.7. The molecule has 1 fully saturated rings. The van der Waals surface area contributed by atoms with Gasteiger partial charge in [0.05, 0.1) is 4.92 Å². The molecule has 120 valence electrons. The van der Waals surface area contributed by atoms with E-state index >= 15 is 0 Å². The molecular formula is C15H20ClN3O3. The molecule has 0 N–H and O–H groups in total. The van der Waals surface area contributed by atoms with E-state index in [1.165, 1.54) is 31.4 Å². The Kier molecular flexibility index (Phi) is 6.15. The van der Waals surface area contributed by atoms with Crippen LogP contribution in [-0.4, -0.2) is 40.7 Å². The molecule has 1 aliphatic heterocycles. The van der Waals surface area contributed by atoms with Crippen molar-refractivity contribution in [2.75, 3.05) is 19.7 Å². The van der Waals surface area contributed by atoms with Crippen LogP contribution >= 0.6 is 11.6 Å². The maximum atomic E-state index is 10.7. The first-order chi connectivity index (χ1) is 10.6. The predicted octanol–water partition coefficient (Wildman–Crippen LogP) is 3.39. The number of hydrogen-bond donors (Lipinski definition) is 0. The lowest BCUT2D eigenvalue weighted by Gasteiger charge is -2.31. The average molecular weight is 326 g/mol. The number of benzene rings is 1. The highest BCUT2D eigenvalue weighted by Gasteiger charge is 2.17. The first-order valence-corrected chi connectivity index (χ1v) is 7.80. The van der Waals surface area contributed by atoms with Gasteiger partial charge in [-0.05, 0) is 32.9 Å². The van der Waals surface area contributed by atoms with Gasteiger partial charge in [0.25, 0.3) is 5.69 Å². The van der Waals surface area contributed by atoms with Crippen LogP contribution in [0.25, 0.3) is 0 Å². The van der Waals surface area contributed by atoms with Gasteiger partial charge in [0, 0.05) is 23.7 Å². The summed E-state index contributed by atoms with van der Waals surface area (Å²) in [6, 6.07) is 6.30. The third kappa shape index (κ3) is 4.68. The average Bonchev–Trinajstić information content (AvgIpc) is 2.55. The zero-order valence-electron chi connectivity index (χ0n) is 12.6. The summed E-state index contributed by atoms with van der Waals surface area (Å²) in [5, 5.41) is 14.7. The molecule has 0 spiro atoms. The van der Waals surface area contributed by atoms with Crippen molar-refractivity contribution in [2.45, 2.75) is 32.2 Å². The number of nitro benzene ring substituents is 1. The van der Waals surface area contributed by atoms with Crippen molar-refractivity contribution in [2.24, 2.45) is 5.16 Å². The number of nitrogens with zero attached hydrogens (tertiary/aromatic N) is 3. The number of halogens is 1. The van der Waals surface area contributed by atoms with E-state index in [2.05, 4.69) is 17.0 Å². The largest absolute Gasteiger partial charge is 0.393 e. The highest BCUT2D eigenvalue weighted by atomic mass is 35.5. The molecule has 1 aromatic rings. The summed E-state index contributed by atoms with van der Waals surface area (Å²) in [7, 11) is 0. The van der Waals surface area contributed by atoms with E-state index in [9.17, 15) is 10.1 Å². The predicted molar refractivity (Wildman–Crippen MR) is 86.3 cm³/mol. The summed E-state index contributed by atoms with van der Waals surface area (Å²) >= 11 is 6.04. The van der Waals surface area contributed by atoms with Crippen molar-refractivity contribution >= 4 is 22.5 Å².